The van der Waals surface area contributed by atoms with Gasteiger partial charge in [-0.1, -0.05) is 37.4 Å². The van der Waals surface area contributed by atoms with Gasteiger partial charge in [0.25, 0.3) is 0 Å². The third kappa shape index (κ3) is 3.39. The van der Waals surface area contributed by atoms with Gasteiger partial charge in [-0.05, 0) is 42.9 Å². The van der Waals surface area contributed by atoms with Gasteiger partial charge in [-0.25, -0.2) is 0 Å². The molecule has 2 N–H and O–H groups in total. The Hall–Kier alpha value is -0.730. The molecule has 0 saturated heterocycles. The smallest absolute Gasteiger partial charge is 0.121 e. The molecule has 0 aromatic heterocycles. The molecule has 2 nitrogen and oxygen atoms in total. The molecular weight excluding hydrogens is 246 g/mol. The van der Waals surface area contributed by atoms with Gasteiger partial charge in [0.2, 0.25) is 0 Å². The summed E-state index contributed by atoms with van der Waals surface area (Å²) in [7, 11) is 0. The summed E-state index contributed by atoms with van der Waals surface area (Å²) in [4.78, 5) is 0. The Morgan fingerprint density at radius 2 is 2.22 bits per heavy atom. The Morgan fingerprint density at radius 3 is 2.89 bits per heavy atom. The molecule has 3 heteroatoms. The van der Waals surface area contributed by atoms with Gasteiger partial charge in [0.15, 0.2) is 0 Å². The Balaban J connectivity index is 1.98. The van der Waals surface area contributed by atoms with Crippen molar-refractivity contribution in [1.82, 2.24) is 0 Å². The highest BCUT2D eigenvalue weighted by Gasteiger charge is 2.22. The summed E-state index contributed by atoms with van der Waals surface area (Å²) < 4.78 is 6.04. The first kappa shape index (κ1) is 13.7. The van der Waals surface area contributed by atoms with E-state index in [9.17, 15) is 0 Å². The van der Waals surface area contributed by atoms with Crippen LogP contribution in [0.25, 0.3) is 0 Å². The first-order valence-corrected chi connectivity index (χ1v) is 7.25. The quantitative estimate of drug-likeness (QED) is 0.890. The first-order chi connectivity index (χ1) is 8.72. The minimum atomic E-state index is 0.350. The summed E-state index contributed by atoms with van der Waals surface area (Å²) in [5, 5.41) is 0.706. The standard InChI is InChI=1S/C15H22ClNO/c1-2-11-4-3-5-13(8-11)18-14-7-6-12(10-17)15(16)9-14/h6-7,9,11,13H,2-5,8,10,17H2,1H3. The fourth-order valence-electron chi connectivity index (χ4n) is 2.68. The molecule has 1 aromatic carbocycles. The lowest BCUT2D eigenvalue weighted by Crippen LogP contribution is -2.25. The van der Waals surface area contributed by atoms with Crippen molar-refractivity contribution >= 4 is 11.6 Å². The fraction of sp³-hybridized carbons (Fsp3) is 0.600. The monoisotopic (exact) mass is 267 g/mol. The maximum atomic E-state index is 6.14. The summed E-state index contributed by atoms with van der Waals surface area (Å²) >= 11 is 6.14. The lowest BCUT2D eigenvalue weighted by atomic mass is 9.85. The van der Waals surface area contributed by atoms with E-state index in [4.69, 9.17) is 22.1 Å². The summed E-state index contributed by atoms with van der Waals surface area (Å²) in [6.07, 6.45) is 6.57. The van der Waals surface area contributed by atoms with Crippen molar-refractivity contribution in [2.24, 2.45) is 11.7 Å². The molecule has 0 spiro atoms. The van der Waals surface area contributed by atoms with Crippen LogP contribution in [0.4, 0.5) is 0 Å². The molecule has 0 aliphatic heterocycles. The van der Waals surface area contributed by atoms with E-state index in [2.05, 4.69) is 6.92 Å². The van der Waals surface area contributed by atoms with Crippen LogP contribution in [-0.2, 0) is 6.54 Å². The highest BCUT2D eigenvalue weighted by molar-refractivity contribution is 6.31. The van der Waals surface area contributed by atoms with Crippen molar-refractivity contribution in [3.05, 3.63) is 28.8 Å². The molecule has 0 amide bonds. The van der Waals surface area contributed by atoms with Crippen molar-refractivity contribution in [2.75, 3.05) is 0 Å². The summed E-state index contributed by atoms with van der Waals surface area (Å²) in [5.74, 6) is 1.70. The van der Waals surface area contributed by atoms with Crippen molar-refractivity contribution < 1.29 is 4.74 Å². The molecular formula is C15H22ClNO. The van der Waals surface area contributed by atoms with E-state index >= 15 is 0 Å². The van der Waals surface area contributed by atoms with Gasteiger partial charge in [-0.2, -0.15) is 0 Å². The summed E-state index contributed by atoms with van der Waals surface area (Å²) in [6, 6.07) is 5.82. The molecule has 100 valence electrons. The zero-order valence-electron chi connectivity index (χ0n) is 11.0. The van der Waals surface area contributed by atoms with E-state index in [1.807, 2.05) is 18.2 Å². The predicted octanol–water partition coefficient (Wildman–Crippen LogP) is 4.15. The van der Waals surface area contributed by atoms with E-state index in [-0.39, 0.29) is 0 Å². The largest absolute Gasteiger partial charge is 0.490 e. The maximum Gasteiger partial charge on any atom is 0.121 e. The van der Waals surface area contributed by atoms with Gasteiger partial charge in [0, 0.05) is 11.6 Å². The molecule has 0 heterocycles. The number of hydrogen-bond acceptors (Lipinski definition) is 2. The number of nitrogens with two attached hydrogens (primary N) is 1. The normalized spacial score (nSPS) is 23.9. The number of ether oxygens (including phenoxy) is 1. The zero-order valence-corrected chi connectivity index (χ0v) is 11.7. The predicted molar refractivity (Wildman–Crippen MR) is 76.0 cm³/mol. The molecule has 2 rings (SSSR count). The second kappa shape index (κ2) is 6.44. The van der Waals surface area contributed by atoms with Gasteiger partial charge in [0.1, 0.15) is 5.75 Å². The van der Waals surface area contributed by atoms with Crippen LogP contribution in [0.1, 0.15) is 44.6 Å². The van der Waals surface area contributed by atoms with E-state index < -0.39 is 0 Å². The van der Waals surface area contributed by atoms with Crippen LogP contribution in [0.5, 0.6) is 5.75 Å². The topological polar surface area (TPSA) is 35.2 Å². The van der Waals surface area contributed by atoms with Crippen LogP contribution in [0, 0.1) is 5.92 Å². The van der Waals surface area contributed by atoms with E-state index in [1.54, 1.807) is 0 Å². The van der Waals surface area contributed by atoms with E-state index in [0.717, 1.165) is 23.7 Å². The lowest BCUT2D eigenvalue weighted by molar-refractivity contribution is 0.122. The molecule has 1 aliphatic carbocycles. The average Bonchev–Trinajstić information content (AvgIpc) is 2.39. The first-order valence-electron chi connectivity index (χ1n) is 6.88. The molecule has 1 fully saturated rings. The van der Waals surface area contributed by atoms with Crippen LogP contribution in [0.3, 0.4) is 0 Å². The lowest BCUT2D eigenvalue weighted by Gasteiger charge is -2.29. The minimum absolute atomic E-state index is 0.350. The van der Waals surface area contributed by atoms with E-state index in [1.165, 1.54) is 25.7 Å². The van der Waals surface area contributed by atoms with Gasteiger partial charge in [0.05, 0.1) is 6.10 Å². The molecule has 0 bridgehead atoms. The Morgan fingerprint density at radius 1 is 1.39 bits per heavy atom. The molecule has 18 heavy (non-hydrogen) atoms. The Bertz CT molecular complexity index is 394. The minimum Gasteiger partial charge on any atom is -0.490 e. The van der Waals surface area contributed by atoms with Gasteiger partial charge in [-0.3, -0.25) is 0 Å². The molecule has 1 saturated carbocycles. The fourth-order valence-corrected chi connectivity index (χ4v) is 2.93. The number of hydrogen-bond donors (Lipinski definition) is 1. The molecule has 2 atom stereocenters. The van der Waals surface area contributed by atoms with Crippen LogP contribution >= 0.6 is 11.6 Å². The molecule has 1 aromatic rings. The van der Waals surface area contributed by atoms with Crippen molar-refractivity contribution in [3.8, 4) is 5.75 Å². The van der Waals surface area contributed by atoms with Crippen LogP contribution in [0.15, 0.2) is 18.2 Å². The maximum absolute atomic E-state index is 6.14. The van der Waals surface area contributed by atoms with Crippen LogP contribution < -0.4 is 10.5 Å². The summed E-state index contributed by atoms with van der Waals surface area (Å²) in [6.45, 7) is 2.74. The van der Waals surface area contributed by atoms with Gasteiger partial charge in [-0.15, -0.1) is 0 Å². The molecule has 0 radical (unpaired) electrons. The number of halogens is 1. The highest BCUT2D eigenvalue weighted by atomic mass is 35.5. The Labute approximate surface area is 114 Å². The van der Waals surface area contributed by atoms with Crippen LogP contribution in [-0.4, -0.2) is 6.10 Å². The Kier molecular flexibility index (Phi) is 4.90. The number of benzene rings is 1. The number of rotatable bonds is 4. The van der Waals surface area contributed by atoms with Crippen molar-refractivity contribution in [3.63, 3.8) is 0 Å². The van der Waals surface area contributed by atoms with Crippen molar-refractivity contribution in [2.45, 2.75) is 51.7 Å². The SMILES string of the molecule is CCC1CCCC(Oc2ccc(CN)c(Cl)c2)C1. The second-order valence-corrected chi connectivity index (χ2v) is 5.55. The van der Waals surface area contributed by atoms with Crippen molar-refractivity contribution in [1.29, 1.82) is 0 Å². The second-order valence-electron chi connectivity index (χ2n) is 5.14. The molecule has 1 aliphatic rings. The zero-order chi connectivity index (χ0) is 13.0. The summed E-state index contributed by atoms with van der Waals surface area (Å²) in [5.41, 5.74) is 6.57. The van der Waals surface area contributed by atoms with Gasteiger partial charge < -0.3 is 10.5 Å². The average molecular weight is 268 g/mol. The van der Waals surface area contributed by atoms with Crippen LogP contribution in [0.2, 0.25) is 5.02 Å². The molecule has 2 unspecified atom stereocenters. The van der Waals surface area contributed by atoms with Gasteiger partial charge >= 0.3 is 0 Å². The third-order valence-corrected chi connectivity index (χ3v) is 4.21. The highest BCUT2D eigenvalue weighted by Crippen LogP contribution is 2.31. The van der Waals surface area contributed by atoms with E-state index in [0.29, 0.717) is 17.7 Å². The third-order valence-electron chi connectivity index (χ3n) is 3.86.